The Labute approximate surface area is 76.6 Å². The van der Waals surface area contributed by atoms with Gasteiger partial charge in [0.2, 0.25) is 5.91 Å². The number of fused-ring (bicyclic) bond motifs is 2. The molecule has 12 heavy (non-hydrogen) atoms. The van der Waals surface area contributed by atoms with Gasteiger partial charge in [-0.25, -0.2) is 0 Å². The van der Waals surface area contributed by atoms with Gasteiger partial charge in [-0.05, 0) is 13.3 Å². The lowest BCUT2D eigenvalue weighted by Gasteiger charge is -2.52. The molecule has 0 saturated carbocycles. The summed E-state index contributed by atoms with van der Waals surface area (Å²) in [4.78, 5) is 13.4. The van der Waals surface area contributed by atoms with E-state index in [1.807, 2.05) is 4.90 Å². The zero-order valence-corrected chi connectivity index (χ0v) is 7.75. The highest BCUT2D eigenvalue weighted by molar-refractivity contribution is 6.30. The number of hydrogen-bond donors (Lipinski definition) is 0. The van der Waals surface area contributed by atoms with E-state index in [1.165, 1.54) is 0 Å². The van der Waals surface area contributed by atoms with Crippen molar-refractivity contribution in [3.8, 4) is 0 Å². The van der Waals surface area contributed by atoms with Crippen molar-refractivity contribution in [3.05, 3.63) is 0 Å². The molecular weight excluding hydrogens is 178 g/mol. The van der Waals surface area contributed by atoms with Crippen molar-refractivity contribution in [2.75, 3.05) is 13.2 Å². The fourth-order valence-corrected chi connectivity index (χ4v) is 2.02. The molecule has 0 N–H and O–H groups in total. The Kier molecular flexibility index (Phi) is 2.00. The number of alkyl halides is 1. The van der Waals surface area contributed by atoms with Crippen LogP contribution in [0.5, 0.6) is 0 Å². The van der Waals surface area contributed by atoms with Crippen LogP contribution in [0.4, 0.5) is 0 Å². The summed E-state index contributed by atoms with van der Waals surface area (Å²) < 4.78 is 5.25. The van der Waals surface area contributed by atoms with Crippen LogP contribution in [-0.2, 0) is 9.53 Å². The highest BCUT2D eigenvalue weighted by Gasteiger charge is 2.45. The fourth-order valence-electron chi connectivity index (χ4n) is 1.90. The van der Waals surface area contributed by atoms with Crippen molar-refractivity contribution < 1.29 is 9.53 Å². The molecule has 3 rings (SSSR count). The Morgan fingerprint density at radius 1 is 1.58 bits per heavy atom. The van der Waals surface area contributed by atoms with Crippen LogP contribution < -0.4 is 0 Å². The van der Waals surface area contributed by atoms with Crippen molar-refractivity contribution in [1.82, 2.24) is 4.90 Å². The molecule has 2 bridgehead atoms. The van der Waals surface area contributed by atoms with Gasteiger partial charge in [0.05, 0.1) is 25.3 Å². The van der Waals surface area contributed by atoms with Gasteiger partial charge in [0, 0.05) is 0 Å². The smallest absolute Gasteiger partial charge is 0.240 e. The number of amides is 1. The average Bonchev–Trinajstić information content (AvgIpc) is 2.05. The minimum Gasteiger partial charge on any atom is -0.377 e. The lowest BCUT2D eigenvalue weighted by molar-refractivity contribution is -0.166. The molecule has 4 heteroatoms. The maximum atomic E-state index is 11.5. The van der Waals surface area contributed by atoms with Crippen molar-refractivity contribution in [2.24, 2.45) is 0 Å². The second kappa shape index (κ2) is 2.89. The highest BCUT2D eigenvalue weighted by Crippen LogP contribution is 2.31. The van der Waals surface area contributed by atoms with Crippen LogP contribution in [0.15, 0.2) is 0 Å². The minimum absolute atomic E-state index is 0.0567. The Bertz CT molecular complexity index is 193. The molecule has 3 aliphatic rings. The molecule has 0 aromatic rings. The molecule has 3 heterocycles. The van der Waals surface area contributed by atoms with E-state index in [0.717, 1.165) is 6.42 Å². The first-order valence-electron chi connectivity index (χ1n) is 4.24. The Hall–Kier alpha value is -0.280. The summed E-state index contributed by atoms with van der Waals surface area (Å²) in [6, 6.07) is 0.606. The quantitative estimate of drug-likeness (QED) is 0.566. The molecule has 0 aromatic carbocycles. The zero-order valence-electron chi connectivity index (χ0n) is 7.00. The van der Waals surface area contributed by atoms with E-state index in [0.29, 0.717) is 25.3 Å². The number of morpholine rings is 1. The molecular formula is C8H12ClNO2. The first kappa shape index (κ1) is 8.32. The van der Waals surface area contributed by atoms with Crippen molar-refractivity contribution in [3.63, 3.8) is 0 Å². The van der Waals surface area contributed by atoms with Crippen LogP contribution >= 0.6 is 11.6 Å². The summed E-state index contributed by atoms with van der Waals surface area (Å²) >= 11 is 5.72. The first-order valence-corrected chi connectivity index (χ1v) is 4.68. The molecule has 3 nitrogen and oxygen atoms in total. The summed E-state index contributed by atoms with van der Waals surface area (Å²) in [7, 11) is 0. The molecule has 3 unspecified atom stereocenters. The summed E-state index contributed by atoms with van der Waals surface area (Å²) in [5, 5.41) is -0.395. The van der Waals surface area contributed by atoms with Gasteiger partial charge in [0.1, 0.15) is 5.38 Å². The van der Waals surface area contributed by atoms with Gasteiger partial charge in [-0.2, -0.15) is 0 Å². The number of halogens is 1. The number of ether oxygens (including phenoxy) is 1. The van der Waals surface area contributed by atoms with Crippen molar-refractivity contribution >= 4 is 17.5 Å². The number of carbonyl (C=O) groups is 1. The van der Waals surface area contributed by atoms with Crippen molar-refractivity contribution in [1.29, 1.82) is 0 Å². The predicted octanol–water partition coefficient (Wildman–Crippen LogP) is 0.613. The van der Waals surface area contributed by atoms with E-state index in [1.54, 1.807) is 6.92 Å². The monoisotopic (exact) mass is 189 g/mol. The first-order chi connectivity index (χ1) is 5.70. The summed E-state index contributed by atoms with van der Waals surface area (Å²) in [6.07, 6.45) is 1.09. The van der Waals surface area contributed by atoms with Gasteiger partial charge in [0.15, 0.2) is 0 Å². The molecule has 3 aliphatic heterocycles. The summed E-state index contributed by atoms with van der Waals surface area (Å²) in [6.45, 7) is 3.09. The lowest BCUT2D eigenvalue weighted by Crippen LogP contribution is -2.66. The number of carbonyl (C=O) groups excluding carboxylic acids is 1. The van der Waals surface area contributed by atoms with Crippen LogP contribution in [0.25, 0.3) is 0 Å². The standard InChI is InChI=1S/C8H12ClNO2/c1-5(9)8(11)10-6-2-7(10)4-12-3-6/h5-7H,2-4H2,1H3. The van der Waals surface area contributed by atoms with Gasteiger partial charge in [0.25, 0.3) is 0 Å². The fraction of sp³-hybridized carbons (Fsp3) is 0.875. The number of nitrogens with zero attached hydrogens (tertiary/aromatic N) is 1. The minimum atomic E-state index is -0.395. The summed E-state index contributed by atoms with van der Waals surface area (Å²) in [5.41, 5.74) is 0. The zero-order chi connectivity index (χ0) is 8.72. The Morgan fingerprint density at radius 3 is 2.58 bits per heavy atom. The van der Waals surface area contributed by atoms with Crippen LogP contribution in [0, 0.1) is 0 Å². The van der Waals surface area contributed by atoms with E-state index in [4.69, 9.17) is 16.3 Å². The molecule has 3 atom stereocenters. The molecule has 68 valence electrons. The maximum Gasteiger partial charge on any atom is 0.240 e. The molecule has 1 amide bonds. The Balaban J connectivity index is 2.01. The number of rotatable bonds is 1. The van der Waals surface area contributed by atoms with Gasteiger partial charge in [-0.15, -0.1) is 11.6 Å². The van der Waals surface area contributed by atoms with Crippen LogP contribution in [-0.4, -0.2) is 41.5 Å². The SMILES string of the molecule is CC(Cl)C(=O)N1C2COCC1C2. The average molecular weight is 190 g/mol. The van der Waals surface area contributed by atoms with Crippen LogP contribution in [0.3, 0.4) is 0 Å². The predicted molar refractivity (Wildman–Crippen MR) is 45.2 cm³/mol. The number of hydrogen-bond acceptors (Lipinski definition) is 2. The molecule has 0 spiro atoms. The molecule has 3 saturated heterocycles. The topological polar surface area (TPSA) is 29.5 Å². The Morgan fingerprint density at radius 2 is 2.17 bits per heavy atom. The molecule has 3 fully saturated rings. The van der Waals surface area contributed by atoms with Gasteiger partial charge in [-0.1, -0.05) is 0 Å². The van der Waals surface area contributed by atoms with Crippen molar-refractivity contribution in [2.45, 2.75) is 30.8 Å². The van der Waals surface area contributed by atoms with E-state index in [9.17, 15) is 4.79 Å². The normalized spacial score (nSPS) is 35.7. The third kappa shape index (κ3) is 1.12. The van der Waals surface area contributed by atoms with Gasteiger partial charge >= 0.3 is 0 Å². The van der Waals surface area contributed by atoms with E-state index in [-0.39, 0.29) is 5.91 Å². The van der Waals surface area contributed by atoms with E-state index >= 15 is 0 Å². The maximum absolute atomic E-state index is 11.5. The molecule has 0 radical (unpaired) electrons. The van der Waals surface area contributed by atoms with E-state index < -0.39 is 5.38 Å². The van der Waals surface area contributed by atoms with Crippen LogP contribution in [0.2, 0.25) is 0 Å². The second-order valence-electron chi connectivity index (χ2n) is 3.44. The highest BCUT2D eigenvalue weighted by atomic mass is 35.5. The largest absolute Gasteiger partial charge is 0.377 e. The summed E-state index contributed by atoms with van der Waals surface area (Å²) in [5.74, 6) is 0.0567. The van der Waals surface area contributed by atoms with Gasteiger partial charge < -0.3 is 9.64 Å². The molecule has 0 aliphatic carbocycles. The van der Waals surface area contributed by atoms with E-state index in [2.05, 4.69) is 0 Å². The third-order valence-electron chi connectivity index (χ3n) is 2.55. The lowest BCUT2D eigenvalue weighted by atomic mass is 9.91. The van der Waals surface area contributed by atoms with Crippen LogP contribution in [0.1, 0.15) is 13.3 Å². The van der Waals surface area contributed by atoms with Gasteiger partial charge in [-0.3, -0.25) is 4.79 Å². The molecule has 0 aromatic heterocycles. The second-order valence-corrected chi connectivity index (χ2v) is 4.10. The third-order valence-corrected chi connectivity index (χ3v) is 2.73.